The molecular formula is C10H4F6O8S2. The van der Waals surface area contributed by atoms with Crippen molar-refractivity contribution in [3.05, 3.63) is 35.4 Å². The first kappa shape index (κ1) is 21.7. The molecule has 0 spiro atoms. The summed E-state index contributed by atoms with van der Waals surface area (Å²) in [5, 5.41) is 0. The molecule has 0 aromatic heterocycles. The van der Waals surface area contributed by atoms with Crippen molar-refractivity contribution in [3.63, 3.8) is 0 Å². The molecule has 0 N–H and O–H groups in total. The van der Waals surface area contributed by atoms with Crippen LogP contribution in [0.2, 0.25) is 0 Å². The number of alkyl halides is 6. The molecule has 0 aliphatic rings. The monoisotopic (exact) mass is 430 g/mol. The third-order valence-corrected chi connectivity index (χ3v) is 4.17. The first-order valence-electron chi connectivity index (χ1n) is 5.68. The number of benzene rings is 1. The zero-order valence-electron chi connectivity index (χ0n) is 11.7. The van der Waals surface area contributed by atoms with E-state index in [2.05, 4.69) is 8.37 Å². The van der Waals surface area contributed by atoms with Gasteiger partial charge in [-0.1, -0.05) is 0 Å². The minimum absolute atomic E-state index is 0.491. The van der Waals surface area contributed by atoms with Gasteiger partial charge in [-0.3, -0.25) is 0 Å². The summed E-state index contributed by atoms with van der Waals surface area (Å²) in [7, 11) is -12.5. The molecule has 0 saturated carbocycles. The van der Waals surface area contributed by atoms with Crippen LogP contribution < -0.4 is 0 Å². The minimum Gasteiger partial charge on any atom is -0.335 e. The second-order valence-electron chi connectivity index (χ2n) is 4.12. The SMILES string of the molecule is O=C(OS(=O)(=O)C(F)(F)F)c1ccc(C(=O)OS(=O)(=O)C(F)(F)F)cc1. The Kier molecular flexibility index (Phi) is 5.63. The van der Waals surface area contributed by atoms with E-state index in [-0.39, 0.29) is 0 Å². The molecule has 0 heterocycles. The Bertz CT molecular complexity index is 835. The number of carbonyl (C=O) groups is 2. The van der Waals surface area contributed by atoms with Crippen LogP contribution >= 0.6 is 0 Å². The zero-order valence-corrected chi connectivity index (χ0v) is 13.3. The topological polar surface area (TPSA) is 121 Å². The molecule has 1 aromatic rings. The third kappa shape index (κ3) is 4.84. The molecule has 0 radical (unpaired) electrons. The standard InChI is InChI=1S/C10H4F6O8S2/c11-9(12,13)25(19,20)23-7(17)5-1-2-6(4-3-5)8(18)24-26(21,22)10(14,15)16/h1-4H. The van der Waals surface area contributed by atoms with Crippen molar-refractivity contribution in [2.45, 2.75) is 11.0 Å². The Hall–Kier alpha value is -2.36. The molecule has 16 heteroatoms. The third-order valence-electron chi connectivity index (χ3n) is 2.29. The predicted molar refractivity (Wildman–Crippen MR) is 67.2 cm³/mol. The smallest absolute Gasteiger partial charge is 0.335 e. The summed E-state index contributed by atoms with van der Waals surface area (Å²) >= 11 is 0. The molecule has 0 aliphatic heterocycles. The molecule has 0 atom stereocenters. The van der Waals surface area contributed by atoms with Gasteiger partial charge in [-0.15, -0.1) is 0 Å². The predicted octanol–water partition coefficient (Wildman–Crippen LogP) is 1.70. The van der Waals surface area contributed by atoms with Crippen LogP contribution in [0.5, 0.6) is 0 Å². The van der Waals surface area contributed by atoms with Gasteiger partial charge < -0.3 is 8.37 Å². The maximum absolute atomic E-state index is 12.1. The summed E-state index contributed by atoms with van der Waals surface area (Å²) in [6.45, 7) is 0. The van der Waals surface area contributed by atoms with Gasteiger partial charge in [0.2, 0.25) is 0 Å². The van der Waals surface area contributed by atoms with E-state index in [0.717, 1.165) is 0 Å². The number of halogens is 6. The molecule has 0 saturated heterocycles. The molecule has 1 aromatic carbocycles. The maximum atomic E-state index is 12.1. The van der Waals surface area contributed by atoms with E-state index in [0.29, 0.717) is 24.3 Å². The molecule has 0 aliphatic carbocycles. The van der Waals surface area contributed by atoms with Gasteiger partial charge in [0.05, 0.1) is 11.1 Å². The molecule has 0 fully saturated rings. The number of rotatable bonds is 4. The normalized spacial score (nSPS) is 13.2. The lowest BCUT2D eigenvalue weighted by Gasteiger charge is -2.09. The Morgan fingerprint density at radius 1 is 0.654 bits per heavy atom. The van der Waals surface area contributed by atoms with Crippen molar-refractivity contribution in [1.29, 1.82) is 0 Å². The summed E-state index contributed by atoms with van der Waals surface area (Å²) in [5.41, 5.74) is -13.5. The van der Waals surface area contributed by atoms with Crippen molar-refractivity contribution in [3.8, 4) is 0 Å². The highest BCUT2D eigenvalue weighted by Crippen LogP contribution is 2.27. The van der Waals surface area contributed by atoms with E-state index in [1.54, 1.807) is 0 Å². The Morgan fingerprint density at radius 2 is 0.885 bits per heavy atom. The molecule has 26 heavy (non-hydrogen) atoms. The average Bonchev–Trinajstić information content (AvgIpc) is 2.44. The number of carbonyl (C=O) groups excluding carboxylic acids is 2. The quantitative estimate of drug-likeness (QED) is 0.402. The van der Waals surface area contributed by atoms with Gasteiger partial charge in [-0.25, -0.2) is 9.59 Å². The van der Waals surface area contributed by atoms with Crippen molar-refractivity contribution < 1.29 is 61.1 Å². The van der Waals surface area contributed by atoms with Crippen molar-refractivity contribution in [2.75, 3.05) is 0 Å². The molecule has 8 nitrogen and oxygen atoms in total. The molecular weight excluding hydrogens is 426 g/mol. The average molecular weight is 430 g/mol. The van der Waals surface area contributed by atoms with Gasteiger partial charge in [0, 0.05) is 0 Å². The van der Waals surface area contributed by atoms with Crippen molar-refractivity contribution in [2.24, 2.45) is 0 Å². The van der Waals surface area contributed by atoms with E-state index < -0.39 is 54.3 Å². The van der Waals surface area contributed by atoms with E-state index in [1.165, 1.54) is 0 Å². The van der Waals surface area contributed by atoms with Crippen LogP contribution in [-0.4, -0.2) is 39.8 Å². The lowest BCUT2D eigenvalue weighted by atomic mass is 10.1. The van der Waals surface area contributed by atoms with Gasteiger partial charge in [-0.2, -0.15) is 43.2 Å². The van der Waals surface area contributed by atoms with Gasteiger partial charge in [0.25, 0.3) is 0 Å². The van der Waals surface area contributed by atoms with Crippen LogP contribution in [0.3, 0.4) is 0 Å². The van der Waals surface area contributed by atoms with Crippen molar-refractivity contribution >= 4 is 32.2 Å². The van der Waals surface area contributed by atoms with Crippen molar-refractivity contribution in [1.82, 2.24) is 0 Å². The van der Waals surface area contributed by atoms with Crippen LogP contribution in [0.1, 0.15) is 20.7 Å². The molecule has 0 bridgehead atoms. The lowest BCUT2D eigenvalue weighted by molar-refractivity contribution is -0.0528. The second kappa shape index (κ2) is 6.75. The Labute approximate surface area is 140 Å². The fourth-order valence-corrected chi connectivity index (χ4v) is 1.91. The highest BCUT2D eigenvalue weighted by atomic mass is 32.2. The highest BCUT2D eigenvalue weighted by Gasteiger charge is 2.50. The van der Waals surface area contributed by atoms with Crippen LogP contribution in [0.25, 0.3) is 0 Å². The second-order valence-corrected chi connectivity index (χ2v) is 7.19. The molecule has 1 rings (SSSR count). The Morgan fingerprint density at radius 3 is 1.08 bits per heavy atom. The largest absolute Gasteiger partial charge is 0.534 e. The summed E-state index contributed by atoms with van der Waals surface area (Å²) in [6.07, 6.45) is 0. The number of hydrogen-bond acceptors (Lipinski definition) is 8. The van der Waals surface area contributed by atoms with Crippen LogP contribution in [0, 0.1) is 0 Å². The zero-order chi connectivity index (χ0) is 20.6. The molecule has 146 valence electrons. The van der Waals surface area contributed by atoms with E-state index >= 15 is 0 Å². The van der Waals surface area contributed by atoms with Gasteiger partial charge in [0.15, 0.2) is 0 Å². The van der Waals surface area contributed by atoms with E-state index in [1.807, 2.05) is 0 Å². The van der Waals surface area contributed by atoms with E-state index in [4.69, 9.17) is 0 Å². The minimum atomic E-state index is -6.26. The Balaban J connectivity index is 2.96. The maximum Gasteiger partial charge on any atom is 0.534 e. The van der Waals surface area contributed by atoms with Gasteiger partial charge >= 0.3 is 43.2 Å². The first-order chi connectivity index (χ1) is 11.5. The number of hydrogen-bond donors (Lipinski definition) is 0. The summed E-state index contributed by atoms with van der Waals surface area (Å²) in [4.78, 5) is 22.6. The van der Waals surface area contributed by atoms with Crippen LogP contribution in [0.4, 0.5) is 26.3 Å². The molecule has 0 amide bonds. The first-order valence-corrected chi connectivity index (χ1v) is 8.50. The van der Waals surface area contributed by atoms with Crippen LogP contribution in [-0.2, 0) is 28.6 Å². The lowest BCUT2D eigenvalue weighted by Crippen LogP contribution is -2.28. The fraction of sp³-hybridized carbons (Fsp3) is 0.200. The summed E-state index contributed by atoms with van der Waals surface area (Å²) in [5.74, 6) is -4.02. The fourth-order valence-electron chi connectivity index (χ4n) is 1.13. The summed E-state index contributed by atoms with van der Waals surface area (Å²) in [6, 6.07) is 1.96. The summed E-state index contributed by atoms with van der Waals surface area (Å²) < 4.78 is 121. The van der Waals surface area contributed by atoms with Gasteiger partial charge in [-0.05, 0) is 24.3 Å². The highest BCUT2D eigenvalue weighted by molar-refractivity contribution is 7.88. The van der Waals surface area contributed by atoms with Crippen LogP contribution in [0.15, 0.2) is 24.3 Å². The van der Waals surface area contributed by atoms with Gasteiger partial charge in [0.1, 0.15) is 0 Å². The molecule has 0 unspecified atom stereocenters. The van der Waals surface area contributed by atoms with E-state index in [9.17, 15) is 52.8 Å².